The van der Waals surface area contributed by atoms with Crippen molar-refractivity contribution in [2.24, 2.45) is 5.92 Å². The average molecular weight is 580 g/mol. The highest BCUT2D eigenvalue weighted by molar-refractivity contribution is 7.92. The van der Waals surface area contributed by atoms with Gasteiger partial charge in [0.05, 0.1) is 17.2 Å². The van der Waals surface area contributed by atoms with E-state index in [9.17, 15) is 18.0 Å². The molecule has 3 rings (SSSR count). The van der Waals surface area contributed by atoms with Crippen LogP contribution in [-0.4, -0.2) is 50.9 Å². The quantitative estimate of drug-likeness (QED) is 0.284. The molecule has 9 heteroatoms. The molecule has 220 valence electrons. The summed E-state index contributed by atoms with van der Waals surface area (Å²) < 4.78 is 34.5. The van der Waals surface area contributed by atoms with Crippen LogP contribution >= 0.6 is 0 Å². The SMILES string of the molecule is CCOc1ccc(S(=O)(=O)N(CC(=O)N(Cc2ccc(C)cc2)[C@@H](CC)C(=O)NCC(C)C)c2ccccc2)cc1. The minimum absolute atomic E-state index is 0.0319. The molecular formula is C32H41N3O5S. The van der Waals surface area contributed by atoms with Crippen molar-refractivity contribution in [3.63, 3.8) is 0 Å². The van der Waals surface area contributed by atoms with Gasteiger partial charge in [-0.2, -0.15) is 0 Å². The van der Waals surface area contributed by atoms with Gasteiger partial charge in [0.25, 0.3) is 10.0 Å². The number of hydrogen-bond acceptors (Lipinski definition) is 5. The Balaban J connectivity index is 2.00. The van der Waals surface area contributed by atoms with Gasteiger partial charge in [-0.05, 0) is 68.1 Å². The Bertz CT molecular complexity index is 1380. The second kappa shape index (κ2) is 14.7. The Labute approximate surface area is 244 Å². The van der Waals surface area contributed by atoms with Crippen LogP contribution in [0.5, 0.6) is 5.75 Å². The number of nitrogens with one attached hydrogen (secondary N) is 1. The van der Waals surface area contributed by atoms with Crippen LogP contribution in [0.1, 0.15) is 45.2 Å². The Morgan fingerprint density at radius 3 is 2.10 bits per heavy atom. The largest absolute Gasteiger partial charge is 0.494 e. The molecule has 8 nitrogen and oxygen atoms in total. The molecule has 0 spiro atoms. The smallest absolute Gasteiger partial charge is 0.264 e. The zero-order valence-corrected chi connectivity index (χ0v) is 25.4. The second-order valence-corrected chi connectivity index (χ2v) is 12.2. The lowest BCUT2D eigenvalue weighted by molar-refractivity contribution is -0.140. The molecule has 0 aliphatic heterocycles. The molecule has 3 aromatic rings. The number of rotatable bonds is 14. The maximum atomic E-state index is 14.1. The number of amides is 2. The predicted molar refractivity (Wildman–Crippen MR) is 162 cm³/mol. The number of ether oxygens (including phenoxy) is 1. The normalized spacial score (nSPS) is 12.0. The first-order valence-corrected chi connectivity index (χ1v) is 15.4. The molecule has 0 saturated carbocycles. The van der Waals surface area contributed by atoms with Crippen molar-refractivity contribution in [3.05, 3.63) is 90.0 Å². The van der Waals surface area contributed by atoms with Crippen LogP contribution in [0.4, 0.5) is 5.69 Å². The van der Waals surface area contributed by atoms with E-state index in [1.165, 1.54) is 17.0 Å². The predicted octanol–water partition coefficient (Wildman–Crippen LogP) is 5.17. The number of benzene rings is 3. The molecular weight excluding hydrogens is 538 g/mol. The number of para-hydroxylation sites is 1. The Morgan fingerprint density at radius 1 is 0.902 bits per heavy atom. The fourth-order valence-electron chi connectivity index (χ4n) is 4.36. The first-order chi connectivity index (χ1) is 19.6. The molecule has 0 aliphatic rings. The number of hydrogen-bond donors (Lipinski definition) is 1. The second-order valence-electron chi connectivity index (χ2n) is 10.3. The number of nitrogens with zero attached hydrogens (tertiary/aromatic N) is 2. The molecule has 0 aromatic heterocycles. The third-order valence-corrected chi connectivity index (χ3v) is 8.38. The third-order valence-electron chi connectivity index (χ3n) is 6.59. The zero-order chi connectivity index (χ0) is 30.0. The summed E-state index contributed by atoms with van der Waals surface area (Å²) in [5.74, 6) is 0.0552. The molecule has 0 bridgehead atoms. The topological polar surface area (TPSA) is 96.0 Å². The minimum Gasteiger partial charge on any atom is -0.494 e. The van der Waals surface area contributed by atoms with E-state index in [2.05, 4.69) is 5.32 Å². The molecule has 2 amide bonds. The van der Waals surface area contributed by atoms with E-state index in [1.54, 1.807) is 42.5 Å². The highest BCUT2D eigenvalue weighted by Gasteiger charge is 2.33. The summed E-state index contributed by atoms with van der Waals surface area (Å²) in [5.41, 5.74) is 2.27. The zero-order valence-electron chi connectivity index (χ0n) is 24.5. The Hall–Kier alpha value is -3.85. The lowest BCUT2D eigenvalue weighted by atomic mass is 10.1. The molecule has 0 saturated heterocycles. The van der Waals surface area contributed by atoms with Crippen LogP contribution in [0.15, 0.2) is 83.8 Å². The van der Waals surface area contributed by atoms with E-state index in [-0.39, 0.29) is 23.3 Å². The van der Waals surface area contributed by atoms with Crippen molar-refractivity contribution in [2.75, 3.05) is 24.0 Å². The van der Waals surface area contributed by atoms with E-state index < -0.39 is 28.5 Å². The molecule has 0 fully saturated rings. The number of anilines is 1. The maximum Gasteiger partial charge on any atom is 0.264 e. The van der Waals surface area contributed by atoms with Crippen molar-refractivity contribution in [3.8, 4) is 5.75 Å². The van der Waals surface area contributed by atoms with Gasteiger partial charge in [0.15, 0.2) is 0 Å². The summed E-state index contributed by atoms with van der Waals surface area (Å²) >= 11 is 0. The van der Waals surface area contributed by atoms with Gasteiger partial charge in [0.1, 0.15) is 18.3 Å². The van der Waals surface area contributed by atoms with Crippen LogP contribution in [0, 0.1) is 12.8 Å². The van der Waals surface area contributed by atoms with Crippen molar-refractivity contribution >= 4 is 27.5 Å². The highest BCUT2D eigenvalue weighted by Crippen LogP contribution is 2.26. The average Bonchev–Trinajstić information content (AvgIpc) is 2.96. The molecule has 0 heterocycles. The molecule has 0 aliphatic carbocycles. The van der Waals surface area contributed by atoms with Crippen LogP contribution in [-0.2, 0) is 26.2 Å². The van der Waals surface area contributed by atoms with Gasteiger partial charge >= 0.3 is 0 Å². The van der Waals surface area contributed by atoms with E-state index in [0.29, 0.717) is 31.0 Å². The first-order valence-electron chi connectivity index (χ1n) is 14.0. The van der Waals surface area contributed by atoms with Crippen LogP contribution < -0.4 is 14.4 Å². The minimum atomic E-state index is -4.14. The van der Waals surface area contributed by atoms with Gasteiger partial charge in [0, 0.05) is 13.1 Å². The maximum absolute atomic E-state index is 14.1. The summed E-state index contributed by atoms with van der Waals surface area (Å²) in [5, 5.41) is 2.94. The lowest BCUT2D eigenvalue weighted by Crippen LogP contribution is -2.52. The molecule has 1 atom stereocenters. The van der Waals surface area contributed by atoms with E-state index >= 15 is 0 Å². The van der Waals surface area contributed by atoms with Crippen molar-refractivity contribution in [2.45, 2.75) is 58.5 Å². The number of carbonyl (C=O) groups excluding carboxylic acids is 2. The molecule has 41 heavy (non-hydrogen) atoms. The summed E-state index contributed by atoms with van der Waals surface area (Å²) in [6, 6.07) is 21.6. The van der Waals surface area contributed by atoms with Gasteiger partial charge < -0.3 is 15.0 Å². The van der Waals surface area contributed by atoms with E-state index in [4.69, 9.17) is 4.74 Å². The van der Waals surface area contributed by atoms with E-state index in [0.717, 1.165) is 15.4 Å². The van der Waals surface area contributed by atoms with Crippen molar-refractivity contribution in [1.82, 2.24) is 10.2 Å². The number of carbonyl (C=O) groups is 2. The molecule has 0 radical (unpaired) electrons. The van der Waals surface area contributed by atoms with Gasteiger partial charge in [-0.25, -0.2) is 8.42 Å². The lowest BCUT2D eigenvalue weighted by Gasteiger charge is -2.33. The number of aryl methyl sites for hydroxylation is 1. The highest BCUT2D eigenvalue weighted by atomic mass is 32.2. The monoisotopic (exact) mass is 579 g/mol. The fraction of sp³-hybridized carbons (Fsp3) is 0.375. The van der Waals surface area contributed by atoms with Crippen LogP contribution in [0.3, 0.4) is 0 Å². The van der Waals surface area contributed by atoms with Gasteiger partial charge in [-0.3, -0.25) is 13.9 Å². The summed E-state index contributed by atoms with van der Waals surface area (Å²) in [6.45, 7) is 10.3. The molecule has 1 N–H and O–H groups in total. The fourth-order valence-corrected chi connectivity index (χ4v) is 5.77. The molecule has 3 aromatic carbocycles. The van der Waals surface area contributed by atoms with Gasteiger partial charge in [-0.1, -0.05) is 68.8 Å². The molecule has 0 unspecified atom stereocenters. The first kappa shape index (κ1) is 31.7. The van der Waals surface area contributed by atoms with Gasteiger partial charge in [0.2, 0.25) is 11.8 Å². The van der Waals surface area contributed by atoms with E-state index in [1.807, 2.05) is 58.9 Å². The Kier molecular flexibility index (Phi) is 11.3. The van der Waals surface area contributed by atoms with Crippen molar-refractivity contribution < 1.29 is 22.7 Å². The van der Waals surface area contributed by atoms with Crippen LogP contribution in [0.25, 0.3) is 0 Å². The van der Waals surface area contributed by atoms with Crippen molar-refractivity contribution in [1.29, 1.82) is 0 Å². The van der Waals surface area contributed by atoms with Crippen LogP contribution in [0.2, 0.25) is 0 Å². The number of sulfonamides is 1. The summed E-state index contributed by atoms with van der Waals surface area (Å²) in [7, 11) is -4.14. The summed E-state index contributed by atoms with van der Waals surface area (Å²) in [6.07, 6.45) is 0.374. The summed E-state index contributed by atoms with van der Waals surface area (Å²) in [4.78, 5) is 28.9. The van der Waals surface area contributed by atoms with Gasteiger partial charge in [-0.15, -0.1) is 0 Å². The Morgan fingerprint density at radius 2 is 1.54 bits per heavy atom. The standard InChI is InChI=1S/C32H41N3O5S/c1-6-30(32(37)33-21-24(3)4)34(22-26-15-13-25(5)14-16-26)31(36)23-35(27-11-9-8-10-12-27)41(38,39)29-19-17-28(18-20-29)40-7-2/h8-20,24,30H,6-7,21-23H2,1-5H3,(H,33,37)/t30-/m0/s1. The third kappa shape index (κ3) is 8.57.